The molecule has 0 fully saturated rings. The quantitative estimate of drug-likeness (QED) is 0.587. The number of hydrogen-bond acceptors (Lipinski definition) is 6. The lowest BCUT2D eigenvalue weighted by Gasteiger charge is -2.10. The first-order valence-corrected chi connectivity index (χ1v) is 7.12. The molecule has 0 spiro atoms. The van der Waals surface area contributed by atoms with E-state index in [0.717, 1.165) is 12.3 Å². The van der Waals surface area contributed by atoms with Gasteiger partial charge in [0, 0.05) is 6.20 Å². The number of aromatic nitrogens is 2. The molecular weight excluding hydrogens is 339 g/mol. The normalized spacial score (nSPS) is 11.6. The van der Waals surface area contributed by atoms with Gasteiger partial charge in [0.1, 0.15) is 11.4 Å². The number of alkyl halides is 3. The Balaban J connectivity index is 2.12. The predicted molar refractivity (Wildman–Crippen MR) is 83.7 cm³/mol. The van der Waals surface area contributed by atoms with Gasteiger partial charge in [0.25, 0.3) is 0 Å². The van der Waals surface area contributed by atoms with Crippen molar-refractivity contribution in [1.29, 1.82) is 0 Å². The van der Waals surface area contributed by atoms with Crippen molar-refractivity contribution in [3.8, 4) is 11.6 Å². The van der Waals surface area contributed by atoms with E-state index in [1.807, 2.05) is 0 Å². The molecule has 9 heteroatoms. The van der Waals surface area contributed by atoms with Crippen molar-refractivity contribution in [3.05, 3.63) is 46.9 Å². The number of pyridine rings is 2. The van der Waals surface area contributed by atoms with Crippen LogP contribution in [0.3, 0.4) is 0 Å². The molecule has 0 aromatic carbocycles. The first-order valence-electron chi connectivity index (χ1n) is 7.12. The molecule has 0 N–H and O–H groups in total. The Hall–Kier alpha value is -2.84. The van der Waals surface area contributed by atoms with Crippen LogP contribution in [0, 0.1) is 6.92 Å². The molecule has 0 saturated carbocycles. The minimum Gasteiger partial charge on any atom is -0.496 e. The fraction of sp³-hybridized carbons (Fsp3) is 0.312. The van der Waals surface area contributed by atoms with Gasteiger partial charge in [-0.05, 0) is 30.7 Å². The molecule has 0 radical (unpaired) electrons. The molecule has 0 aliphatic heterocycles. The molecule has 2 heterocycles. The molecular formula is C16H16F3N3O3. The van der Waals surface area contributed by atoms with Gasteiger partial charge in [-0.2, -0.15) is 13.2 Å². The van der Waals surface area contributed by atoms with Crippen molar-refractivity contribution in [2.24, 2.45) is 5.16 Å². The summed E-state index contributed by atoms with van der Waals surface area (Å²) in [6.45, 7) is 1.51. The molecule has 6 nitrogen and oxygen atoms in total. The Labute approximate surface area is 142 Å². The van der Waals surface area contributed by atoms with Crippen molar-refractivity contribution in [2.45, 2.75) is 19.7 Å². The van der Waals surface area contributed by atoms with E-state index in [0.29, 0.717) is 22.8 Å². The summed E-state index contributed by atoms with van der Waals surface area (Å²) in [6, 6.07) is 4.06. The Morgan fingerprint density at radius 1 is 1.20 bits per heavy atom. The zero-order chi connectivity index (χ0) is 18.4. The molecule has 0 aliphatic carbocycles. The van der Waals surface area contributed by atoms with E-state index >= 15 is 0 Å². The van der Waals surface area contributed by atoms with Gasteiger partial charge in [0.15, 0.2) is 6.61 Å². The number of methoxy groups -OCH3 is 2. The van der Waals surface area contributed by atoms with Crippen LogP contribution in [0.1, 0.15) is 22.5 Å². The third-order valence-electron chi connectivity index (χ3n) is 3.13. The second-order valence-corrected chi connectivity index (χ2v) is 4.96. The molecule has 134 valence electrons. The maximum atomic E-state index is 12.8. The molecule has 0 bridgehead atoms. The smallest absolute Gasteiger partial charge is 0.433 e. The van der Waals surface area contributed by atoms with Crippen LogP contribution >= 0.6 is 0 Å². The minimum atomic E-state index is -4.52. The summed E-state index contributed by atoms with van der Waals surface area (Å²) in [5.41, 5.74) is -0.000746. The molecule has 0 amide bonds. The van der Waals surface area contributed by atoms with Gasteiger partial charge in [0.05, 0.1) is 31.7 Å². The molecule has 25 heavy (non-hydrogen) atoms. The zero-order valence-electron chi connectivity index (χ0n) is 13.8. The SMILES string of the molecule is COc1ccnc(OC)c1CON=Cc1cc(C)cc(C(F)(F)F)n1. The Kier molecular flexibility index (Phi) is 5.79. The van der Waals surface area contributed by atoms with Gasteiger partial charge in [-0.3, -0.25) is 0 Å². The predicted octanol–water partition coefficient (Wildman–Crippen LogP) is 3.37. The van der Waals surface area contributed by atoms with E-state index in [-0.39, 0.29) is 12.3 Å². The van der Waals surface area contributed by atoms with Crippen molar-refractivity contribution >= 4 is 6.21 Å². The molecule has 0 aliphatic rings. The number of oxime groups is 1. The van der Waals surface area contributed by atoms with Crippen LogP contribution in [0.15, 0.2) is 29.6 Å². The lowest BCUT2D eigenvalue weighted by Crippen LogP contribution is -2.10. The topological polar surface area (TPSA) is 65.8 Å². The summed E-state index contributed by atoms with van der Waals surface area (Å²) in [5.74, 6) is 0.803. The van der Waals surface area contributed by atoms with Crippen LogP contribution in [0.25, 0.3) is 0 Å². The lowest BCUT2D eigenvalue weighted by atomic mass is 10.2. The van der Waals surface area contributed by atoms with Crippen molar-refractivity contribution in [1.82, 2.24) is 9.97 Å². The highest BCUT2D eigenvalue weighted by atomic mass is 19.4. The van der Waals surface area contributed by atoms with E-state index < -0.39 is 11.9 Å². The molecule has 0 saturated heterocycles. The van der Waals surface area contributed by atoms with Gasteiger partial charge < -0.3 is 14.3 Å². The highest BCUT2D eigenvalue weighted by Crippen LogP contribution is 2.28. The van der Waals surface area contributed by atoms with Crippen LogP contribution < -0.4 is 9.47 Å². The molecule has 2 aromatic heterocycles. The largest absolute Gasteiger partial charge is 0.496 e. The van der Waals surface area contributed by atoms with E-state index in [4.69, 9.17) is 14.3 Å². The van der Waals surface area contributed by atoms with Crippen LogP contribution in [0.2, 0.25) is 0 Å². The number of aryl methyl sites for hydroxylation is 1. The van der Waals surface area contributed by atoms with Crippen LogP contribution in [0.5, 0.6) is 11.6 Å². The Morgan fingerprint density at radius 3 is 2.60 bits per heavy atom. The van der Waals surface area contributed by atoms with Gasteiger partial charge in [-0.1, -0.05) is 5.16 Å². The van der Waals surface area contributed by atoms with Crippen LogP contribution in [-0.2, 0) is 17.6 Å². The van der Waals surface area contributed by atoms with Crippen molar-refractivity contribution < 1.29 is 27.5 Å². The van der Waals surface area contributed by atoms with Crippen LogP contribution in [-0.4, -0.2) is 30.4 Å². The molecule has 0 atom stereocenters. The number of halogens is 3. The average Bonchev–Trinajstić information content (AvgIpc) is 2.57. The van der Waals surface area contributed by atoms with Crippen LogP contribution in [0.4, 0.5) is 13.2 Å². The standard InChI is InChI=1S/C16H16F3N3O3/c1-10-6-11(22-14(7-10)16(17,18)19)8-21-25-9-12-13(23-2)4-5-20-15(12)24-3/h4-8H,9H2,1-3H3. The fourth-order valence-electron chi connectivity index (χ4n) is 2.06. The number of ether oxygens (including phenoxy) is 2. The van der Waals surface area contributed by atoms with Gasteiger partial charge >= 0.3 is 6.18 Å². The number of rotatable bonds is 6. The Morgan fingerprint density at radius 2 is 1.96 bits per heavy atom. The number of hydrogen-bond donors (Lipinski definition) is 0. The van der Waals surface area contributed by atoms with Gasteiger partial charge in [-0.15, -0.1) is 0 Å². The second-order valence-electron chi connectivity index (χ2n) is 4.96. The summed E-state index contributed by atoms with van der Waals surface area (Å²) in [7, 11) is 2.93. The van der Waals surface area contributed by atoms with E-state index in [1.165, 1.54) is 26.5 Å². The summed E-state index contributed by atoms with van der Waals surface area (Å²) >= 11 is 0. The van der Waals surface area contributed by atoms with Crippen molar-refractivity contribution in [3.63, 3.8) is 0 Å². The highest BCUT2D eigenvalue weighted by Gasteiger charge is 2.32. The summed E-state index contributed by atoms with van der Waals surface area (Å²) in [5, 5.41) is 3.66. The number of nitrogens with zero attached hydrogens (tertiary/aromatic N) is 3. The first-order chi connectivity index (χ1) is 11.8. The zero-order valence-corrected chi connectivity index (χ0v) is 13.8. The maximum Gasteiger partial charge on any atom is 0.433 e. The fourth-order valence-corrected chi connectivity index (χ4v) is 2.06. The maximum absolute atomic E-state index is 12.8. The summed E-state index contributed by atoms with van der Waals surface area (Å²) < 4.78 is 48.5. The molecule has 0 unspecified atom stereocenters. The average molecular weight is 355 g/mol. The first kappa shape index (κ1) is 18.5. The highest BCUT2D eigenvalue weighted by molar-refractivity contribution is 5.76. The third-order valence-corrected chi connectivity index (χ3v) is 3.13. The van der Waals surface area contributed by atoms with E-state index in [1.54, 1.807) is 13.0 Å². The van der Waals surface area contributed by atoms with E-state index in [9.17, 15) is 13.2 Å². The van der Waals surface area contributed by atoms with E-state index in [2.05, 4.69) is 15.1 Å². The monoisotopic (exact) mass is 355 g/mol. The third kappa shape index (κ3) is 4.82. The molecule has 2 aromatic rings. The Bertz CT molecular complexity index is 742. The van der Waals surface area contributed by atoms with Crippen molar-refractivity contribution in [2.75, 3.05) is 14.2 Å². The van der Waals surface area contributed by atoms with Gasteiger partial charge in [0.2, 0.25) is 5.88 Å². The summed E-state index contributed by atoms with van der Waals surface area (Å²) in [4.78, 5) is 12.6. The molecule has 2 rings (SSSR count). The summed E-state index contributed by atoms with van der Waals surface area (Å²) in [6.07, 6.45) is -1.90. The second kappa shape index (κ2) is 7.82. The lowest BCUT2D eigenvalue weighted by molar-refractivity contribution is -0.141. The minimum absolute atomic E-state index is 0.0331. The van der Waals surface area contributed by atoms with Gasteiger partial charge in [-0.25, -0.2) is 9.97 Å².